The van der Waals surface area contributed by atoms with Gasteiger partial charge in [0.1, 0.15) is 6.61 Å². The molecule has 1 heterocycles. The summed E-state index contributed by atoms with van der Waals surface area (Å²) in [6.45, 7) is 1.01. The van der Waals surface area contributed by atoms with Gasteiger partial charge < -0.3 is 9.84 Å². The molecule has 158 valence electrons. The predicted molar refractivity (Wildman–Crippen MR) is 115 cm³/mol. The van der Waals surface area contributed by atoms with Crippen molar-refractivity contribution in [2.45, 2.75) is 50.5 Å². The van der Waals surface area contributed by atoms with Gasteiger partial charge >= 0.3 is 6.09 Å². The van der Waals surface area contributed by atoms with Crippen LogP contribution in [-0.4, -0.2) is 47.7 Å². The Labute approximate surface area is 177 Å². The first-order chi connectivity index (χ1) is 14.7. The number of rotatable bonds is 8. The quantitative estimate of drug-likeness (QED) is 0.653. The van der Waals surface area contributed by atoms with Crippen molar-refractivity contribution in [1.29, 1.82) is 0 Å². The van der Waals surface area contributed by atoms with Crippen LogP contribution in [0.4, 0.5) is 4.79 Å². The van der Waals surface area contributed by atoms with Crippen LogP contribution in [0, 0.1) is 0 Å². The molecule has 1 atom stereocenters. The first kappa shape index (κ1) is 20.6. The van der Waals surface area contributed by atoms with Crippen molar-refractivity contribution in [2.24, 2.45) is 0 Å². The van der Waals surface area contributed by atoms with Crippen LogP contribution in [0.25, 0.3) is 11.1 Å². The molecule has 5 heteroatoms. The molecule has 0 spiro atoms. The standard InChI is InChI=1S/C25H29NO4/c27-16-7-1-2-14-24(28)23-13-8-15-26(23)25(29)30-17-22-20-11-5-3-9-18(20)19-10-4-6-12-21(19)22/h3-6,9-12,22-23,27H,1-2,7-8,13-17H2/t23-/m0/s1. The number of carbonyl (C=O) groups is 2. The van der Waals surface area contributed by atoms with Crippen molar-refractivity contribution in [2.75, 3.05) is 19.8 Å². The number of aliphatic hydroxyl groups excluding tert-OH is 1. The monoisotopic (exact) mass is 407 g/mol. The van der Waals surface area contributed by atoms with Gasteiger partial charge in [0.15, 0.2) is 5.78 Å². The average molecular weight is 408 g/mol. The minimum atomic E-state index is -0.386. The van der Waals surface area contributed by atoms with E-state index in [4.69, 9.17) is 9.84 Å². The first-order valence-corrected chi connectivity index (χ1v) is 11.0. The summed E-state index contributed by atoms with van der Waals surface area (Å²) >= 11 is 0. The van der Waals surface area contributed by atoms with Crippen LogP contribution in [0.15, 0.2) is 48.5 Å². The number of unbranched alkanes of at least 4 members (excludes halogenated alkanes) is 2. The highest BCUT2D eigenvalue weighted by molar-refractivity contribution is 5.88. The van der Waals surface area contributed by atoms with E-state index in [-0.39, 0.29) is 37.0 Å². The molecule has 1 aliphatic carbocycles. The molecule has 0 radical (unpaired) electrons. The molecule has 1 N–H and O–H groups in total. The molecule has 0 bridgehead atoms. The third kappa shape index (κ3) is 4.12. The Hall–Kier alpha value is -2.66. The van der Waals surface area contributed by atoms with E-state index in [1.54, 1.807) is 4.90 Å². The Morgan fingerprint density at radius 3 is 2.30 bits per heavy atom. The lowest BCUT2D eigenvalue weighted by Crippen LogP contribution is -2.41. The van der Waals surface area contributed by atoms with Gasteiger partial charge in [0, 0.05) is 25.5 Å². The number of ketones is 1. The number of aliphatic hydroxyl groups is 1. The summed E-state index contributed by atoms with van der Waals surface area (Å²) < 4.78 is 5.75. The summed E-state index contributed by atoms with van der Waals surface area (Å²) in [5.74, 6) is 0.135. The third-order valence-corrected chi connectivity index (χ3v) is 6.28. The predicted octanol–water partition coefficient (Wildman–Crippen LogP) is 4.52. The molecule has 1 amide bonds. The molecule has 0 saturated carbocycles. The smallest absolute Gasteiger partial charge is 0.410 e. The van der Waals surface area contributed by atoms with Gasteiger partial charge in [-0.15, -0.1) is 0 Å². The highest BCUT2D eigenvalue weighted by atomic mass is 16.6. The molecular weight excluding hydrogens is 378 g/mol. The Kier molecular flexibility index (Phi) is 6.48. The lowest BCUT2D eigenvalue weighted by Gasteiger charge is -2.24. The highest BCUT2D eigenvalue weighted by Crippen LogP contribution is 2.44. The summed E-state index contributed by atoms with van der Waals surface area (Å²) in [7, 11) is 0. The van der Waals surface area contributed by atoms with Crippen molar-refractivity contribution in [3.63, 3.8) is 0 Å². The number of fused-ring (bicyclic) bond motifs is 3. The van der Waals surface area contributed by atoms with E-state index in [1.165, 1.54) is 22.3 Å². The van der Waals surface area contributed by atoms with Crippen LogP contribution in [0.5, 0.6) is 0 Å². The van der Waals surface area contributed by atoms with E-state index in [1.807, 2.05) is 24.3 Å². The third-order valence-electron chi connectivity index (χ3n) is 6.28. The average Bonchev–Trinajstić information content (AvgIpc) is 3.39. The summed E-state index contributed by atoms with van der Waals surface area (Å²) in [4.78, 5) is 27.0. The molecule has 0 unspecified atom stereocenters. The second-order valence-corrected chi connectivity index (χ2v) is 8.16. The van der Waals surface area contributed by atoms with Crippen molar-refractivity contribution < 1.29 is 19.4 Å². The molecular formula is C25H29NO4. The van der Waals surface area contributed by atoms with Crippen LogP contribution in [0.2, 0.25) is 0 Å². The number of nitrogens with zero attached hydrogens (tertiary/aromatic N) is 1. The van der Waals surface area contributed by atoms with Crippen molar-refractivity contribution in [3.8, 4) is 11.1 Å². The van der Waals surface area contributed by atoms with E-state index in [0.717, 1.165) is 19.3 Å². The molecule has 30 heavy (non-hydrogen) atoms. The Morgan fingerprint density at radius 1 is 0.967 bits per heavy atom. The number of hydrogen-bond acceptors (Lipinski definition) is 4. The first-order valence-electron chi connectivity index (χ1n) is 11.0. The van der Waals surface area contributed by atoms with Gasteiger partial charge in [0.25, 0.3) is 0 Å². The second-order valence-electron chi connectivity index (χ2n) is 8.16. The Balaban J connectivity index is 1.39. The molecule has 4 rings (SSSR count). The lowest BCUT2D eigenvalue weighted by atomic mass is 9.98. The minimum Gasteiger partial charge on any atom is -0.448 e. The maximum absolute atomic E-state index is 12.8. The normalized spacial score (nSPS) is 17.6. The summed E-state index contributed by atoms with van der Waals surface area (Å²) in [5, 5.41) is 8.87. The van der Waals surface area contributed by atoms with Crippen LogP contribution >= 0.6 is 0 Å². The molecule has 1 fully saturated rings. The number of amides is 1. The minimum absolute atomic E-state index is 0.0246. The van der Waals surface area contributed by atoms with Gasteiger partial charge in [-0.25, -0.2) is 4.79 Å². The Bertz CT molecular complexity index is 864. The summed E-state index contributed by atoms with van der Waals surface area (Å²) in [6.07, 6.45) is 3.92. The van der Waals surface area contributed by atoms with E-state index < -0.39 is 0 Å². The molecule has 1 saturated heterocycles. The number of likely N-dealkylation sites (tertiary alicyclic amines) is 1. The molecule has 2 aromatic rings. The van der Waals surface area contributed by atoms with Gasteiger partial charge in [0.05, 0.1) is 6.04 Å². The van der Waals surface area contributed by atoms with Gasteiger partial charge in [-0.1, -0.05) is 55.0 Å². The fourth-order valence-corrected chi connectivity index (χ4v) is 4.75. The fraction of sp³-hybridized carbons (Fsp3) is 0.440. The zero-order valence-corrected chi connectivity index (χ0v) is 17.3. The van der Waals surface area contributed by atoms with Crippen LogP contribution < -0.4 is 0 Å². The van der Waals surface area contributed by atoms with Crippen LogP contribution in [0.1, 0.15) is 55.6 Å². The van der Waals surface area contributed by atoms with Crippen LogP contribution in [-0.2, 0) is 9.53 Å². The maximum Gasteiger partial charge on any atom is 0.410 e. The van der Waals surface area contributed by atoms with Gasteiger partial charge in [-0.05, 0) is 47.9 Å². The maximum atomic E-state index is 12.8. The van der Waals surface area contributed by atoms with Crippen molar-refractivity contribution in [1.82, 2.24) is 4.90 Å². The molecule has 2 aliphatic rings. The van der Waals surface area contributed by atoms with Gasteiger partial charge in [-0.3, -0.25) is 9.69 Å². The molecule has 5 nitrogen and oxygen atoms in total. The van der Waals surface area contributed by atoms with E-state index in [0.29, 0.717) is 25.8 Å². The summed E-state index contributed by atoms with van der Waals surface area (Å²) in [5.41, 5.74) is 4.77. The SMILES string of the molecule is O=C(CCCCCO)[C@@H]1CCCN1C(=O)OCC1c2ccccc2-c2ccccc21. The van der Waals surface area contributed by atoms with Crippen molar-refractivity contribution in [3.05, 3.63) is 59.7 Å². The Morgan fingerprint density at radius 2 is 1.63 bits per heavy atom. The van der Waals surface area contributed by atoms with Gasteiger partial charge in [-0.2, -0.15) is 0 Å². The van der Waals surface area contributed by atoms with E-state index >= 15 is 0 Å². The lowest BCUT2D eigenvalue weighted by molar-refractivity contribution is -0.123. The molecule has 2 aromatic carbocycles. The number of Topliss-reactive ketones (excluding diaryl/α,β-unsaturated/α-hetero) is 1. The molecule has 1 aliphatic heterocycles. The zero-order chi connectivity index (χ0) is 20.9. The number of hydrogen-bond donors (Lipinski definition) is 1. The van der Waals surface area contributed by atoms with Gasteiger partial charge in [0.2, 0.25) is 0 Å². The number of benzene rings is 2. The zero-order valence-electron chi connectivity index (χ0n) is 17.3. The largest absolute Gasteiger partial charge is 0.448 e. The number of carbonyl (C=O) groups excluding carboxylic acids is 2. The highest BCUT2D eigenvalue weighted by Gasteiger charge is 2.36. The summed E-state index contributed by atoms with van der Waals surface area (Å²) in [6, 6.07) is 16.2. The number of ether oxygens (including phenoxy) is 1. The second kappa shape index (κ2) is 9.43. The van der Waals surface area contributed by atoms with E-state index in [9.17, 15) is 9.59 Å². The molecule has 0 aromatic heterocycles. The van der Waals surface area contributed by atoms with Crippen molar-refractivity contribution >= 4 is 11.9 Å². The van der Waals surface area contributed by atoms with E-state index in [2.05, 4.69) is 24.3 Å². The van der Waals surface area contributed by atoms with Crippen LogP contribution in [0.3, 0.4) is 0 Å². The fourth-order valence-electron chi connectivity index (χ4n) is 4.75. The topological polar surface area (TPSA) is 66.8 Å².